The number of nitrogens with zero attached hydrogens (tertiary/aromatic N) is 1. The number of morpholine rings is 1. The summed E-state index contributed by atoms with van der Waals surface area (Å²) in [6.45, 7) is 0.746. The molecule has 0 saturated carbocycles. The van der Waals surface area contributed by atoms with E-state index in [2.05, 4.69) is 5.32 Å². The van der Waals surface area contributed by atoms with Gasteiger partial charge < -0.3 is 19.7 Å². The molecule has 3 rings (SSSR count). The molecule has 1 fully saturated rings. The lowest BCUT2D eigenvalue weighted by molar-refractivity contribution is -0.137. The number of benzene rings is 2. The van der Waals surface area contributed by atoms with Crippen LogP contribution in [0.3, 0.4) is 0 Å². The topological polar surface area (TPSA) is 67.9 Å². The SMILES string of the molecule is O=C(COC(=O)c1ccc(F)c(F)c1)Nc1cc(C(F)(F)F)ccc1N1CCOCC1. The van der Waals surface area contributed by atoms with Gasteiger partial charge in [0, 0.05) is 13.1 Å². The van der Waals surface area contributed by atoms with Gasteiger partial charge in [-0.3, -0.25) is 4.79 Å². The molecular weight excluding hydrogens is 427 g/mol. The first-order valence-electron chi connectivity index (χ1n) is 9.11. The van der Waals surface area contributed by atoms with Gasteiger partial charge in [-0.1, -0.05) is 0 Å². The summed E-state index contributed by atoms with van der Waals surface area (Å²) in [5.41, 5.74) is -1.03. The Morgan fingerprint density at radius 2 is 1.74 bits per heavy atom. The lowest BCUT2D eigenvalue weighted by atomic mass is 10.1. The van der Waals surface area contributed by atoms with Gasteiger partial charge >= 0.3 is 12.1 Å². The van der Waals surface area contributed by atoms with Gasteiger partial charge in [0.1, 0.15) is 0 Å². The highest BCUT2D eigenvalue weighted by atomic mass is 19.4. The van der Waals surface area contributed by atoms with E-state index >= 15 is 0 Å². The van der Waals surface area contributed by atoms with Gasteiger partial charge in [0.15, 0.2) is 18.2 Å². The van der Waals surface area contributed by atoms with E-state index in [0.29, 0.717) is 38.1 Å². The van der Waals surface area contributed by atoms with E-state index in [0.717, 1.165) is 24.3 Å². The van der Waals surface area contributed by atoms with Crippen LogP contribution < -0.4 is 10.2 Å². The Bertz CT molecular complexity index is 975. The van der Waals surface area contributed by atoms with E-state index < -0.39 is 41.9 Å². The predicted molar refractivity (Wildman–Crippen MR) is 99.7 cm³/mol. The fraction of sp³-hybridized carbons (Fsp3) is 0.300. The Hall–Kier alpha value is -3.21. The Balaban J connectivity index is 1.72. The van der Waals surface area contributed by atoms with Crippen LogP contribution in [0.4, 0.5) is 33.3 Å². The molecule has 1 amide bonds. The van der Waals surface area contributed by atoms with E-state index in [9.17, 15) is 31.5 Å². The van der Waals surface area contributed by atoms with Crippen molar-refractivity contribution in [2.75, 3.05) is 43.1 Å². The Morgan fingerprint density at radius 3 is 2.39 bits per heavy atom. The standard InChI is InChI=1S/C20H17F5N2O4/c21-14-3-1-12(9-15(14)22)19(29)31-11-18(28)26-16-10-13(20(23,24)25)2-4-17(16)27-5-7-30-8-6-27/h1-4,9-10H,5-8,11H2,(H,26,28). The van der Waals surface area contributed by atoms with Crippen LogP contribution >= 0.6 is 0 Å². The average Bonchev–Trinajstić information content (AvgIpc) is 2.74. The van der Waals surface area contributed by atoms with E-state index in [4.69, 9.17) is 9.47 Å². The number of ether oxygens (including phenoxy) is 2. The molecule has 0 unspecified atom stereocenters. The summed E-state index contributed by atoms with van der Waals surface area (Å²) in [4.78, 5) is 25.9. The molecule has 0 atom stereocenters. The first-order valence-corrected chi connectivity index (χ1v) is 9.11. The number of esters is 1. The summed E-state index contributed by atoms with van der Waals surface area (Å²) < 4.78 is 75.5. The van der Waals surface area contributed by atoms with Crippen molar-refractivity contribution in [3.8, 4) is 0 Å². The van der Waals surface area contributed by atoms with Crippen LogP contribution in [-0.4, -0.2) is 44.8 Å². The van der Waals surface area contributed by atoms with Crippen LogP contribution in [0.2, 0.25) is 0 Å². The summed E-state index contributed by atoms with van der Waals surface area (Å²) >= 11 is 0. The quantitative estimate of drug-likeness (QED) is 0.564. The van der Waals surface area contributed by atoms with Crippen LogP contribution in [0.15, 0.2) is 36.4 Å². The molecule has 1 N–H and O–H groups in total. The molecule has 0 aliphatic carbocycles. The van der Waals surface area contributed by atoms with Crippen molar-refractivity contribution in [1.82, 2.24) is 0 Å². The number of hydrogen-bond donors (Lipinski definition) is 1. The molecule has 1 aliphatic rings. The number of carbonyl (C=O) groups is 2. The molecule has 166 valence electrons. The van der Waals surface area contributed by atoms with E-state index in [1.807, 2.05) is 0 Å². The summed E-state index contributed by atoms with van der Waals surface area (Å²) in [5, 5.41) is 2.31. The molecule has 31 heavy (non-hydrogen) atoms. The molecule has 1 aliphatic heterocycles. The lowest BCUT2D eigenvalue weighted by Gasteiger charge is -2.31. The fourth-order valence-electron chi connectivity index (χ4n) is 2.92. The molecular formula is C20H17F5N2O4. The maximum atomic E-state index is 13.2. The lowest BCUT2D eigenvalue weighted by Crippen LogP contribution is -2.37. The maximum absolute atomic E-state index is 13.2. The fourth-order valence-corrected chi connectivity index (χ4v) is 2.92. The number of halogens is 5. The zero-order chi connectivity index (χ0) is 22.6. The normalized spacial score (nSPS) is 14.3. The van der Waals surface area contributed by atoms with Crippen molar-refractivity contribution in [3.63, 3.8) is 0 Å². The number of amides is 1. The van der Waals surface area contributed by atoms with Gasteiger partial charge in [0.25, 0.3) is 5.91 Å². The van der Waals surface area contributed by atoms with Crippen molar-refractivity contribution in [2.24, 2.45) is 0 Å². The highest BCUT2D eigenvalue weighted by Gasteiger charge is 2.32. The molecule has 0 bridgehead atoms. The Labute approximate surface area is 173 Å². The van der Waals surface area contributed by atoms with Crippen molar-refractivity contribution in [1.29, 1.82) is 0 Å². The highest BCUT2D eigenvalue weighted by molar-refractivity contribution is 5.97. The van der Waals surface area contributed by atoms with E-state index in [1.165, 1.54) is 6.07 Å². The van der Waals surface area contributed by atoms with Crippen LogP contribution in [0.5, 0.6) is 0 Å². The number of alkyl halides is 3. The second-order valence-electron chi connectivity index (χ2n) is 6.58. The highest BCUT2D eigenvalue weighted by Crippen LogP contribution is 2.35. The summed E-state index contributed by atoms with van der Waals surface area (Å²) in [6.07, 6.45) is -4.62. The minimum atomic E-state index is -4.62. The van der Waals surface area contributed by atoms with Crippen LogP contribution in [-0.2, 0) is 20.4 Å². The van der Waals surface area contributed by atoms with Crippen LogP contribution in [0.25, 0.3) is 0 Å². The largest absolute Gasteiger partial charge is 0.452 e. The number of carbonyl (C=O) groups excluding carboxylic acids is 2. The van der Waals surface area contributed by atoms with E-state index in [1.54, 1.807) is 4.90 Å². The Morgan fingerprint density at radius 1 is 1.03 bits per heavy atom. The van der Waals surface area contributed by atoms with E-state index in [-0.39, 0.29) is 11.3 Å². The number of rotatable bonds is 5. The number of hydrogen-bond acceptors (Lipinski definition) is 5. The molecule has 2 aromatic rings. The van der Waals surface area contributed by atoms with Gasteiger partial charge in [-0.15, -0.1) is 0 Å². The smallest absolute Gasteiger partial charge is 0.416 e. The van der Waals surface area contributed by atoms with Gasteiger partial charge in [-0.2, -0.15) is 13.2 Å². The molecule has 1 saturated heterocycles. The monoisotopic (exact) mass is 444 g/mol. The summed E-state index contributed by atoms with van der Waals surface area (Å²) in [6, 6.07) is 5.25. The van der Waals surface area contributed by atoms with Crippen LogP contribution in [0, 0.1) is 11.6 Å². The maximum Gasteiger partial charge on any atom is 0.416 e. The molecule has 1 heterocycles. The van der Waals surface area contributed by atoms with Gasteiger partial charge in [0.05, 0.1) is 35.7 Å². The third kappa shape index (κ3) is 5.69. The first kappa shape index (κ1) is 22.5. The second-order valence-corrected chi connectivity index (χ2v) is 6.58. The third-order valence-corrected chi connectivity index (χ3v) is 4.44. The molecule has 6 nitrogen and oxygen atoms in total. The Kier molecular flexibility index (Phi) is 6.74. The number of anilines is 2. The van der Waals surface area contributed by atoms with Gasteiger partial charge in [0.2, 0.25) is 0 Å². The predicted octanol–water partition coefficient (Wildman–Crippen LogP) is 3.62. The summed E-state index contributed by atoms with van der Waals surface area (Å²) in [7, 11) is 0. The minimum absolute atomic E-state index is 0.106. The van der Waals surface area contributed by atoms with Crippen molar-refractivity contribution < 1.29 is 41.0 Å². The summed E-state index contributed by atoms with van der Waals surface area (Å²) in [5.74, 6) is -4.41. The number of nitrogens with one attached hydrogen (secondary N) is 1. The van der Waals surface area contributed by atoms with Crippen LogP contribution in [0.1, 0.15) is 15.9 Å². The van der Waals surface area contributed by atoms with Gasteiger partial charge in [-0.05, 0) is 36.4 Å². The third-order valence-electron chi connectivity index (χ3n) is 4.44. The van der Waals surface area contributed by atoms with Crippen molar-refractivity contribution in [3.05, 3.63) is 59.2 Å². The molecule has 0 radical (unpaired) electrons. The minimum Gasteiger partial charge on any atom is -0.452 e. The molecule has 0 aromatic heterocycles. The molecule has 11 heteroatoms. The van der Waals surface area contributed by atoms with Crippen molar-refractivity contribution in [2.45, 2.75) is 6.18 Å². The van der Waals surface area contributed by atoms with Gasteiger partial charge in [-0.25, -0.2) is 13.6 Å². The molecule has 0 spiro atoms. The van der Waals surface area contributed by atoms with Crippen molar-refractivity contribution >= 4 is 23.3 Å². The zero-order valence-electron chi connectivity index (χ0n) is 16.0. The zero-order valence-corrected chi connectivity index (χ0v) is 16.0. The molecule has 2 aromatic carbocycles. The first-order chi connectivity index (χ1) is 14.6. The average molecular weight is 444 g/mol. The second kappa shape index (κ2) is 9.29.